The van der Waals surface area contributed by atoms with Crippen molar-refractivity contribution in [3.8, 4) is 39.1 Å². The summed E-state index contributed by atoms with van der Waals surface area (Å²) in [6.07, 6.45) is 0.928. The summed E-state index contributed by atoms with van der Waals surface area (Å²) in [6, 6.07) is 63.6. The lowest BCUT2D eigenvalue weighted by atomic mass is 9.97. The zero-order valence-corrected chi connectivity index (χ0v) is 24.4. The van der Waals surface area contributed by atoms with Gasteiger partial charge in [0.25, 0.3) is 0 Å². The lowest BCUT2D eigenvalue weighted by molar-refractivity contribution is 1.18. The molecule has 0 saturated carbocycles. The predicted molar refractivity (Wildman–Crippen MR) is 186 cm³/mol. The van der Waals surface area contributed by atoms with Gasteiger partial charge in [-0.1, -0.05) is 146 Å². The molecule has 0 aliphatic heterocycles. The average molecular weight is 562 g/mol. The maximum atomic E-state index is 2.36. The fourth-order valence-corrected chi connectivity index (χ4v) is 6.36. The summed E-state index contributed by atoms with van der Waals surface area (Å²) >= 11 is 0. The molecule has 0 radical (unpaired) electrons. The van der Waals surface area contributed by atoms with Gasteiger partial charge in [-0.15, -0.1) is 0 Å². The molecule has 1 nitrogen and oxygen atoms in total. The van der Waals surface area contributed by atoms with Crippen LogP contribution in [-0.4, -0.2) is 4.57 Å². The quantitative estimate of drug-likeness (QED) is 0.190. The van der Waals surface area contributed by atoms with E-state index < -0.39 is 0 Å². The smallest absolute Gasteiger partial charge is 0.0541 e. The minimum atomic E-state index is 0.928. The van der Waals surface area contributed by atoms with Gasteiger partial charge in [0.1, 0.15) is 0 Å². The molecule has 1 aromatic heterocycles. The Bertz CT molecular complexity index is 2190. The van der Waals surface area contributed by atoms with E-state index in [4.69, 9.17) is 0 Å². The highest BCUT2D eigenvalue weighted by Gasteiger charge is 2.13. The van der Waals surface area contributed by atoms with Crippen molar-refractivity contribution < 1.29 is 0 Å². The fraction of sp³-hybridized carbons (Fsp3) is 0.0233. The Hall–Kier alpha value is -5.66. The normalized spacial score (nSPS) is 11.3. The average Bonchev–Trinajstić information content (AvgIpc) is 3.44. The van der Waals surface area contributed by atoms with E-state index in [0.717, 1.165) is 6.42 Å². The van der Waals surface area contributed by atoms with Crippen molar-refractivity contribution in [1.29, 1.82) is 0 Å². The Balaban J connectivity index is 1.03. The second-order valence-electron chi connectivity index (χ2n) is 11.4. The van der Waals surface area contributed by atoms with Crippen LogP contribution in [0.3, 0.4) is 0 Å². The van der Waals surface area contributed by atoms with Crippen molar-refractivity contribution >= 4 is 21.8 Å². The van der Waals surface area contributed by atoms with Gasteiger partial charge in [0, 0.05) is 16.5 Å². The minimum Gasteiger partial charge on any atom is -0.309 e. The van der Waals surface area contributed by atoms with Gasteiger partial charge >= 0.3 is 0 Å². The molecule has 0 atom stereocenters. The SMILES string of the molecule is c1ccc(-c2ccc(Cc3ccc(-c4ccc(-c5ccc6c(c5)c5ccccc5n6-c5ccccc5)cc4)cc3)cc2)cc1. The molecule has 0 N–H and O–H groups in total. The lowest BCUT2D eigenvalue weighted by Crippen LogP contribution is -1.92. The molecule has 44 heavy (non-hydrogen) atoms. The molecular formula is C43H31N. The predicted octanol–water partition coefficient (Wildman–Crippen LogP) is 11.4. The number of aromatic nitrogens is 1. The van der Waals surface area contributed by atoms with E-state index in [-0.39, 0.29) is 0 Å². The van der Waals surface area contributed by atoms with Gasteiger partial charge < -0.3 is 4.57 Å². The van der Waals surface area contributed by atoms with Crippen molar-refractivity contribution in [1.82, 2.24) is 4.57 Å². The summed E-state index contributed by atoms with van der Waals surface area (Å²) in [7, 11) is 0. The van der Waals surface area contributed by atoms with Crippen LogP contribution in [0, 0.1) is 0 Å². The minimum absolute atomic E-state index is 0.928. The largest absolute Gasteiger partial charge is 0.309 e. The van der Waals surface area contributed by atoms with Crippen LogP contribution in [0.4, 0.5) is 0 Å². The van der Waals surface area contributed by atoms with Crippen molar-refractivity contribution in [2.45, 2.75) is 6.42 Å². The van der Waals surface area contributed by atoms with Crippen LogP contribution >= 0.6 is 0 Å². The molecule has 208 valence electrons. The molecule has 1 heterocycles. The molecule has 8 rings (SSSR count). The fourth-order valence-electron chi connectivity index (χ4n) is 6.36. The van der Waals surface area contributed by atoms with E-state index >= 15 is 0 Å². The third kappa shape index (κ3) is 4.89. The number of para-hydroxylation sites is 2. The zero-order valence-electron chi connectivity index (χ0n) is 24.4. The number of hydrogen-bond donors (Lipinski definition) is 0. The molecule has 8 aromatic rings. The molecule has 0 aliphatic rings. The van der Waals surface area contributed by atoms with E-state index in [9.17, 15) is 0 Å². The first-order valence-corrected chi connectivity index (χ1v) is 15.2. The lowest BCUT2D eigenvalue weighted by Gasteiger charge is -2.09. The first-order chi connectivity index (χ1) is 21.8. The summed E-state index contributed by atoms with van der Waals surface area (Å²) in [5, 5.41) is 2.55. The molecule has 0 fully saturated rings. The molecule has 1 heteroatoms. The maximum Gasteiger partial charge on any atom is 0.0541 e. The van der Waals surface area contributed by atoms with Crippen LogP contribution in [0.25, 0.3) is 60.9 Å². The Morgan fingerprint density at radius 2 is 0.750 bits per heavy atom. The first kappa shape index (κ1) is 26.0. The summed E-state index contributed by atoms with van der Waals surface area (Å²) in [4.78, 5) is 0. The monoisotopic (exact) mass is 561 g/mol. The van der Waals surface area contributed by atoms with Crippen LogP contribution in [0.1, 0.15) is 11.1 Å². The van der Waals surface area contributed by atoms with Crippen LogP contribution in [0.5, 0.6) is 0 Å². The number of fused-ring (bicyclic) bond motifs is 3. The van der Waals surface area contributed by atoms with Gasteiger partial charge in [0.2, 0.25) is 0 Å². The molecule has 0 bridgehead atoms. The van der Waals surface area contributed by atoms with E-state index in [1.807, 2.05) is 0 Å². The topological polar surface area (TPSA) is 4.93 Å². The number of rotatable bonds is 6. The number of benzene rings is 7. The second-order valence-corrected chi connectivity index (χ2v) is 11.4. The van der Waals surface area contributed by atoms with Gasteiger partial charge in [-0.3, -0.25) is 0 Å². The summed E-state index contributed by atoms with van der Waals surface area (Å²) in [5.41, 5.74) is 13.7. The highest BCUT2D eigenvalue weighted by molar-refractivity contribution is 6.10. The molecule has 0 aliphatic carbocycles. The van der Waals surface area contributed by atoms with Crippen molar-refractivity contribution in [3.63, 3.8) is 0 Å². The molecule has 7 aromatic carbocycles. The van der Waals surface area contributed by atoms with E-state index in [0.29, 0.717) is 0 Å². The number of nitrogens with zero attached hydrogens (tertiary/aromatic N) is 1. The number of hydrogen-bond acceptors (Lipinski definition) is 0. The highest BCUT2D eigenvalue weighted by atomic mass is 15.0. The maximum absolute atomic E-state index is 2.36. The van der Waals surface area contributed by atoms with Crippen molar-refractivity contribution in [3.05, 3.63) is 187 Å². The van der Waals surface area contributed by atoms with E-state index in [2.05, 4.69) is 180 Å². The van der Waals surface area contributed by atoms with Crippen molar-refractivity contribution in [2.24, 2.45) is 0 Å². The van der Waals surface area contributed by atoms with Gasteiger partial charge in [-0.2, -0.15) is 0 Å². The van der Waals surface area contributed by atoms with E-state index in [1.165, 1.54) is 72.0 Å². The summed E-state index contributed by atoms with van der Waals surface area (Å²) < 4.78 is 2.36. The van der Waals surface area contributed by atoms with Gasteiger partial charge in [0.05, 0.1) is 11.0 Å². The molecule has 0 saturated heterocycles. The molecule has 0 unspecified atom stereocenters. The highest BCUT2D eigenvalue weighted by Crippen LogP contribution is 2.35. The van der Waals surface area contributed by atoms with Gasteiger partial charge in [-0.25, -0.2) is 0 Å². The zero-order chi connectivity index (χ0) is 29.3. The van der Waals surface area contributed by atoms with Crippen LogP contribution in [0.2, 0.25) is 0 Å². The third-order valence-corrected chi connectivity index (χ3v) is 8.66. The molecule has 0 spiro atoms. The van der Waals surface area contributed by atoms with E-state index in [1.54, 1.807) is 0 Å². The van der Waals surface area contributed by atoms with Crippen LogP contribution in [-0.2, 0) is 6.42 Å². The van der Waals surface area contributed by atoms with Gasteiger partial charge in [-0.05, 0) is 81.3 Å². The summed E-state index contributed by atoms with van der Waals surface area (Å²) in [6.45, 7) is 0. The third-order valence-electron chi connectivity index (χ3n) is 8.66. The summed E-state index contributed by atoms with van der Waals surface area (Å²) in [5.74, 6) is 0. The van der Waals surface area contributed by atoms with Crippen LogP contribution < -0.4 is 0 Å². The first-order valence-electron chi connectivity index (χ1n) is 15.2. The molecule has 0 amide bonds. The Kier molecular flexibility index (Phi) is 6.62. The van der Waals surface area contributed by atoms with Crippen LogP contribution in [0.15, 0.2) is 176 Å². The van der Waals surface area contributed by atoms with Crippen molar-refractivity contribution in [2.75, 3.05) is 0 Å². The van der Waals surface area contributed by atoms with Gasteiger partial charge in [0.15, 0.2) is 0 Å². The second kappa shape index (κ2) is 11.2. The Morgan fingerprint density at radius 1 is 0.318 bits per heavy atom. The Morgan fingerprint density at radius 3 is 1.36 bits per heavy atom. The molecular weight excluding hydrogens is 530 g/mol. The Labute approximate surface area is 258 Å². The standard InChI is InChI=1S/C43H31N/c1-3-9-33(10-4-1)34-19-15-31(16-20-34)29-32-17-21-35(22-18-32)36-23-25-37(26-24-36)38-27-28-43-41(30-38)40-13-7-8-14-42(40)44(43)39-11-5-2-6-12-39/h1-28,30H,29H2.